The van der Waals surface area contributed by atoms with Crippen LogP contribution in [0.1, 0.15) is 63.1 Å². The van der Waals surface area contributed by atoms with Crippen LogP contribution >= 0.6 is 0 Å². The molecule has 4 aromatic rings. The van der Waals surface area contributed by atoms with Crippen molar-refractivity contribution in [3.05, 3.63) is 96.1 Å². The van der Waals surface area contributed by atoms with E-state index in [-0.39, 0.29) is 29.9 Å². The second-order valence-electron chi connectivity index (χ2n) is 11.4. The Morgan fingerprint density at radius 2 is 1.64 bits per heavy atom. The Bertz CT molecular complexity index is 1610. The maximum absolute atomic E-state index is 13.6. The molecule has 1 amide bonds. The molecular weight excluding hydrogens is 565 g/mol. The average Bonchev–Trinajstić information content (AvgIpc) is 3.42. The minimum absolute atomic E-state index is 0.0815. The average molecular weight is 602 g/mol. The van der Waals surface area contributed by atoms with Crippen LogP contribution in [-0.2, 0) is 25.4 Å². The number of aryl methyl sites for hydroxylation is 1. The largest absolute Gasteiger partial charge is 0.511 e. The number of nitrogens with zero attached hydrogens (tertiary/aromatic N) is 2. The molecule has 2 heterocycles. The van der Waals surface area contributed by atoms with Gasteiger partial charge < -0.3 is 24.1 Å². The summed E-state index contributed by atoms with van der Waals surface area (Å²) >= 11 is 0. The van der Waals surface area contributed by atoms with Crippen LogP contribution in [0, 0.1) is 5.82 Å². The van der Waals surface area contributed by atoms with E-state index in [0.29, 0.717) is 17.8 Å². The summed E-state index contributed by atoms with van der Waals surface area (Å²) in [6, 6.07) is 20.7. The van der Waals surface area contributed by atoms with E-state index in [1.54, 1.807) is 69.3 Å². The maximum Gasteiger partial charge on any atom is 0.511 e. The van der Waals surface area contributed by atoms with Gasteiger partial charge in [0.15, 0.2) is 0 Å². The van der Waals surface area contributed by atoms with Gasteiger partial charge in [-0.1, -0.05) is 30.3 Å². The topological polar surface area (TPSA) is 109 Å². The van der Waals surface area contributed by atoms with E-state index in [1.165, 1.54) is 12.1 Å². The second kappa shape index (κ2) is 14.0. The summed E-state index contributed by atoms with van der Waals surface area (Å²) in [5.41, 5.74) is 4.15. The van der Waals surface area contributed by atoms with E-state index in [4.69, 9.17) is 14.2 Å². The first kappa shape index (κ1) is 31.9. The highest BCUT2D eigenvalue weighted by Crippen LogP contribution is 2.34. The van der Waals surface area contributed by atoms with Gasteiger partial charge >= 0.3 is 12.1 Å². The molecule has 0 aliphatic carbocycles. The highest BCUT2D eigenvalue weighted by molar-refractivity contribution is 6.03. The molecule has 0 atom stereocenters. The van der Waals surface area contributed by atoms with Gasteiger partial charge in [0.05, 0.1) is 11.4 Å². The summed E-state index contributed by atoms with van der Waals surface area (Å²) < 4.78 is 30.3. The molecule has 0 bridgehead atoms. The molecule has 0 unspecified atom stereocenters. The number of carbonyl (C=O) groups is 3. The third-order valence-electron chi connectivity index (χ3n) is 6.47. The Labute approximate surface area is 256 Å². The summed E-state index contributed by atoms with van der Waals surface area (Å²) in [4.78, 5) is 41.3. The lowest BCUT2D eigenvalue weighted by molar-refractivity contribution is -0.154. The number of pyridine rings is 1. The summed E-state index contributed by atoms with van der Waals surface area (Å²) in [7, 11) is 0. The van der Waals surface area contributed by atoms with E-state index in [1.807, 2.05) is 18.3 Å². The molecule has 2 aromatic carbocycles. The van der Waals surface area contributed by atoms with Crippen LogP contribution < -0.4 is 5.32 Å². The van der Waals surface area contributed by atoms with Crippen molar-refractivity contribution in [1.82, 2.24) is 9.55 Å². The highest BCUT2D eigenvalue weighted by Gasteiger charge is 2.19. The Balaban J connectivity index is 1.37. The van der Waals surface area contributed by atoms with E-state index < -0.39 is 24.5 Å². The molecule has 2 aromatic heterocycles. The SMILES string of the molecule is CC(C)n1ccc(-c2ccc(F)cc2)c1-c1cccc(C(=O)Nc2ccc(CCC(=O)OCOC(=O)OC(C)(C)C)cc2)n1. The summed E-state index contributed by atoms with van der Waals surface area (Å²) in [5.74, 6) is -1.21. The normalized spacial score (nSPS) is 11.2. The molecule has 0 aliphatic heterocycles. The van der Waals surface area contributed by atoms with Crippen LogP contribution in [0.15, 0.2) is 79.0 Å². The number of esters is 1. The lowest BCUT2D eigenvalue weighted by atomic mass is 10.0. The second-order valence-corrected chi connectivity index (χ2v) is 11.4. The van der Waals surface area contributed by atoms with E-state index >= 15 is 0 Å². The van der Waals surface area contributed by atoms with E-state index in [0.717, 1.165) is 22.4 Å². The number of hydrogen-bond donors (Lipinski definition) is 1. The van der Waals surface area contributed by atoms with Gasteiger partial charge in [-0.3, -0.25) is 9.59 Å². The zero-order chi connectivity index (χ0) is 31.9. The molecule has 0 fully saturated rings. The number of ether oxygens (including phenoxy) is 3. The number of hydrogen-bond acceptors (Lipinski definition) is 7. The molecule has 0 saturated heterocycles. The zero-order valence-corrected chi connectivity index (χ0v) is 25.4. The number of benzene rings is 2. The van der Waals surface area contributed by atoms with Crippen LogP contribution in [0.25, 0.3) is 22.5 Å². The van der Waals surface area contributed by atoms with Crippen molar-refractivity contribution in [3.63, 3.8) is 0 Å². The highest BCUT2D eigenvalue weighted by atomic mass is 19.1. The van der Waals surface area contributed by atoms with Gasteiger partial charge in [0.1, 0.15) is 17.1 Å². The van der Waals surface area contributed by atoms with E-state index in [2.05, 4.69) is 28.7 Å². The Kier molecular flexibility index (Phi) is 10.2. The molecule has 4 rings (SSSR count). The van der Waals surface area contributed by atoms with Crippen LogP contribution in [-0.4, -0.2) is 40.0 Å². The van der Waals surface area contributed by atoms with Crippen molar-refractivity contribution < 1.29 is 33.0 Å². The maximum atomic E-state index is 13.6. The monoisotopic (exact) mass is 601 g/mol. The van der Waals surface area contributed by atoms with Gasteiger partial charge in [-0.2, -0.15) is 0 Å². The Hall–Kier alpha value is -4.99. The number of rotatable bonds is 10. The van der Waals surface area contributed by atoms with Gasteiger partial charge in [0, 0.05) is 29.9 Å². The molecule has 230 valence electrons. The molecule has 0 radical (unpaired) electrons. The first-order chi connectivity index (χ1) is 20.9. The molecule has 44 heavy (non-hydrogen) atoms. The summed E-state index contributed by atoms with van der Waals surface area (Å²) in [6.45, 7) is 8.69. The van der Waals surface area contributed by atoms with Crippen molar-refractivity contribution in [2.75, 3.05) is 12.1 Å². The van der Waals surface area contributed by atoms with E-state index in [9.17, 15) is 18.8 Å². The lowest BCUT2D eigenvalue weighted by Crippen LogP contribution is -2.25. The number of halogens is 1. The lowest BCUT2D eigenvalue weighted by Gasteiger charge is -2.18. The molecule has 0 spiro atoms. The number of amides is 1. The first-order valence-electron chi connectivity index (χ1n) is 14.3. The standard InChI is InChI=1S/C34H36FN3O6/c1-22(2)38-20-19-27(24-12-14-25(35)15-13-24)31(38)28-7-6-8-29(37-28)32(40)36-26-16-9-23(10-17-26)11-18-30(39)42-21-43-33(41)44-34(3,4)5/h6-10,12-17,19-20,22H,11,18,21H2,1-5H3,(H,36,40). The van der Waals surface area contributed by atoms with Crippen molar-refractivity contribution in [1.29, 1.82) is 0 Å². The predicted octanol–water partition coefficient (Wildman–Crippen LogP) is 7.57. The van der Waals surface area contributed by atoms with Crippen molar-refractivity contribution in [2.45, 2.75) is 59.1 Å². The molecule has 1 N–H and O–H groups in total. The number of nitrogens with one attached hydrogen (secondary N) is 1. The van der Waals surface area contributed by atoms with Gasteiger partial charge in [-0.25, -0.2) is 14.2 Å². The zero-order valence-electron chi connectivity index (χ0n) is 25.4. The quantitative estimate of drug-likeness (QED) is 0.147. The Morgan fingerprint density at radius 1 is 0.932 bits per heavy atom. The molecule has 0 saturated carbocycles. The fourth-order valence-electron chi connectivity index (χ4n) is 4.39. The van der Waals surface area contributed by atoms with Crippen molar-refractivity contribution >= 4 is 23.7 Å². The molecule has 9 nitrogen and oxygen atoms in total. The van der Waals surface area contributed by atoms with Gasteiger partial charge in [0.2, 0.25) is 6.79 Å². The fourth-order valence-corrected chi connectivity index (χ4v) is 4.39. The summed E-state index contributed by atoms with van der Waals surface area (Å²) in [6.07, 6.45) is 1.53. The van der Waals surface area contributed by atoms with Crippen LogP contribution in [0.2, 0.25) is 0 Å². The van der Waals surface area contributed by atoms with Crippen molar-refractivity contribution in [3.8, 4) is 22.5 Å². The van der Waals surface area contributed by atoms with Crippen LogP contribution in [0.3, 0.4) is 0 Å². The molecule has 10 heteroatoms. The Morgan fingerprint density at radius 3 is 2.30 bits per heavy atom. The third-order valence-corrected chi connectivity index (χ3v) is 6.47. The number of carbonyl (C=O) groups excluding carboxylic acids is 3. The molecule has 0 aliphatic rings. The van der Waals surface area contributed by atoms with Gasteiger partial charge in [-0.15, -0.1) is 0 Å². The molecular formula is C34H36FN3O6. The predicted molar refractivity (Wildman–Crippen MR) is 164 cm³/mol. The van der Waals surface area contributed by atoms with Crippen LogP contribution in [0.5, 0.6) is 0 Å². The van der Waals surface area contributed by atoms with Gasteiger partial charge in [0.25, 0.3) is 5.91 Å². The number of anilines is 1. The number of aromatic nitrogens is 2. The third kappa shape index (κ3) is 8.76. The smallest absolute Gasteiger partial charge is 0.428 e. The first-order valence-corrected chi connectivity index (χ1v) is 14.3. The minimum atomic E-state index is -0.912. The van der Waals surface area contributed by atoms with Crippen molar-refractivity contribution in [2.24, 2.45) is 0 Å². The minimum Gasteiger partial charge on any atom is -0.428 e. The van der Waals surface area contributed by atoms with Gasteiger partial charge in [-0.05, 0) is 94.6 Å². The van der Waals surface area contributed by atoms with Crippen LogP contribution in [0.4, 0.5) is 14.9 Å². The fraction of sp³-hybridized carbons (Fsp3) is 0.294. The summed E-state index contributed by atoms with van der Waals surface area (Å²) in [5, 5.41) is 2.87.